The molecule has 0 fully saturated rings. The molecule has 4 nitrogen and oxygen atoms in total. The number of imidazole rings is 1. The fraction of sp³-hybridized carbons (Fsp3) is 0.276. The minimum absolute atomic E-state index is 0.0631. The standard InChI is InChI=1S/C58H59N3O/c1-55(2,3)38-25-28-50-45(30-38)42-24-17-16-23-41(42)43-26-27-44(51-52(43)61(50)54(60-51)46-31-39(56(4,5)6)32-47(53(46)62)58(10,11)12)49-34-40(57(7,8)9)33-48(59-49)37-22-18-21-36(29-37)35-19-14-13-15-20-35/h13-34,62H,1-12H3. The van der Waals surface area contributed by atoms with Crippen molar-refractivity contribution in [2.45, 2.75) is 105 Å². The summed E-state index contributed by atoms with van der Waals surface area (Å²) in [5.74, 6) is 0.978. The highest BCUT2D eigenvalue weighted by molar-refractivity contribution is 6.08. The molecule has 6 aromatic carbocycles. The van der Waals surface area contributed by atoms with Gasteiger partial charge in [-0.2, -0.15) is 0 Å². The van der Waals surface area contributed by atoms with Gasteiger partial charge in [0.05, 0.1) is 33.7 Å². The smallest absolute Gasteiger partial charge is 0.149 e. The molecule has 1 aliphatic rings. The molecule has 0 aliphatic carbocycles. The predicted octanol–water partition coefficient (Wildman–Crippen LogP) is 15.6. The summed E-state index contributed by atoms with van der Waals surface area (Å²) in [4.78, 5) is 11.3. The number of aromatic hydroxyl groups is 1. The molecule has 2 aromatic heterocycles. The molecule has 1 N–H and O–H groups in total. The lowest BCUT2D eigenvalue weighted by atomic mass is 9.79. The van der Waals surface area contributed by atoms with Crippen molar-refractivity contribution < 1.29 is 5.11 Å². The molecule has 0 spiro atoms. The molecule has 312 valence electrons. The van der Waals surface area contributed by atoms with E-state index in [1.165, 1.54) is 22.3 Å². The number of rotatable bonds is 4. The minimum Gasteiger partial charge on any atom is -0.507 e. The van der Waals surface area contributed by atoms with E-state index in [2.05, 4.69) is 221 Å². The van der Waals surface area contributed by atoms with Crippen LogP contribution in [0.25, 0.3) is 84.0 Å². The molecule has 4 heteroatoms. The highest BCUT2D eigenvalue weighted by Gasteiger charge is 2.33. The lowest BCUT2D eigenvalue weighted by Crippen LogP contribution is -2.17. The number of benzene rings is 6. The van der Waals surface area contributed by atoms with Gasteiger partial charge in [-0.3, -0.25) is 4.57 Å². The van der Waals surface area contributed by atoms with Gasteiger partial charge in [-0.05, 0) is 103 Å². The maximum atomic E-state index is 12.6. The zero-order chi connectivity index (χ0) is 44.1. The first-order valence-corrected chi connectivity index (χ1v) is 22.1. The van der Waals surface area contributed by atoms with E-state index in [-0.39, 0.29) is 27.4 Å². The van der Waals surface area contributed by atoms with Gasteiger partial charge < -0.3 is 5.11 Å². The van der Waals surface area contributed by atoms with Crippen LogP contribution >= 0.6 is 0 Å². The summed E-state index contributed by atoms with van der Waals surface area (Å²) >= 11 is 0. The van der Waals surface area contributed by atoms with E-state index in [9.17, 15) is 5.11 Å². The number of aromatic nitrogens is 3. The number of phenolic OH excluding ortho intramolecular Hbond substituents is 1. The molecule has 62 heavy (non-hydrogen) atoms. The predicted molar refractivity (Wildman–Crippen MR) is 262 cm³/mol. The van der Waals surface area contributed by atoms with E-state index in [4.69, 9.17) is 9.97 Å². The number of pyridine rings is 1. The summed E-state index contributed by atoms with van der Waals surface area (Å²) < 4.78 is 2.34. The van der Waals surface area contributed by atoms with Gasteiger partial charge in [0.15, 0.2) is 0 Å². The molecular weight excluding hydrogens is 755 g/mol. The molecule has 3 heterocycles. The third-order valence-electron chi connectivity index (χ3n) is 12.7. The molecule has 8 aromatic rings. The van der Waals surface area contributed by atoms with Gasteiger partial charge >= 0.3 is 0 Å². The second kappa shape index (κ2) is 14.4. The highest BCUT2D eigenvalue weighted by atomic mass is 16.3. The van der Waals surface area contributed by atoms with Crippen molar-refractivity contribution in [2.24, 2.45) is 0 Å². The van der Waals surface area contributed by atoms with Crippen molar-refractivity contribution in [2.75, 3.05) is 0 Å². The Bertz CT molecular complexity index is 3050. The molecule has 0 atom stereocenters. The van der Waals surface area contributed by atoms with E-state index in [0.717, 1.165) is 78.2 Å². The Labute approximate surface area is 368 Å². The summed E-state index contributed by atoms with van der Waals surface area (Å²) in [6.07, 6.45) is 0. The van der Waals surface area contributed by atoms with Gasteiger partial charge in [0.2, 0.25) is 0 Å². The maximum Gasteiger partial charge on any atom is 0.149 e. The summed E-state index contributed by atoms with van der Waals surface area (Å²) in [7, 11) is 0. The zero-order valence-corrected chi connectivity index (χ0v) is 38.5. The summed E-state index contributed by atoms with van der Waals surface area (Å²) in [5.41, 5.74) is 18.1. The SMILES string of the molecule is CC(C)(C)c1cc(-c2cccc(-c3ccccc3)c2)nc(-c2ccc3c4c2nc(-c2cc(C(C)(C)C)cc(C(C)(C)C)c2O)n4-c2ccc(C(C)(C)C)cc2-c2ccccc2-3)c1. The van der Waals surface area contributed by atoms with Crippen LogP contribution in [-0.4, -0.2) is 19.6 Å². The van der Waals surface area contributed by atoms with Crippen molar-refractivity contribution in [1.82, 2.24) is 14.5 Å². The van der Waals surface area contributed by atoms with Crippen LogP contribution in [0.5, 0.6) is 5.75 Å². The normalized spacial score (nSPS) is 12.9. The first-order chi connectivity index (χ1) is 29.2. The third kappa shape index (κ3) is 7.14. The summed E-state index contributed by atoms with van der Waals surface area (Å²) in [5, 5.41) is 12.6. The fourth-order valence-electron chi connectivity index (χ4n) is 8.93. The molecule has 1 aliphatic heterocycles. The van der Waals surface area contributed by atoms with Gasteiger partial charge in [-0.25, -0.2) is 9.97 Å². The number of phenols is 1. The molecule has 0 bridgehead atoms. The van der Waals surface area contributed by atoms with E-state index in [1.807, 2.05) is 0 Å². The molecule has 0 amide bonds. The van der Waals surface area contributed by atoms with Gasteiger partial charge in [0.25, 0.3) is 0 Å². The van der Waals surface area contributed by atoms with E-state index in [0.29, 0.717) is 5.82 Å². The van der Waals surface area contributed by atoms with Gasteiger partial charge in [0, 0.05) is 27.8 Å². The van der Waals surface area contributed by atoms with Crippen LogP contribution in [0.4, 0.5) is 0 Å². The van der Waals surface area contributed by atoms with Gasteiger partial charge in [-0.1, -0.05) is 174 Å². The number of hydrogen-bond acceptors (Lipinski definition) is 3. The Balaban J connectivity index is 1.41. The Morgan fingerprint density at radius 3 is 1.63 bits per heavy atom. The van der Waals surface area contributed by atoms with Crippen LogP contribution in [-0.2, 0) is 21.7 Å². The van der Waals surface area contributed by atoms with Crippen LogP contribution in [0, 0.1) is 0 Å². The Morgan fingerprint density at radius 2 is 0.968 bits per heavy atom. The molecule has 0 unspecified atom stereocenters. The van der Waals surface area contributed by atoms with Crippen molar-refractivity contribution in [1.29, 1.82) is 0 Å². The minimum atomic E-state index is -0.317. The Morgan fingerprint density at radius 1 is 0.403 bits per heavy atom. The van der Waals surface area contributed by atoms with Crippen molar-refractivity contribution in [3.05, 3.63) is 156 Å². The summed E-state index contributed by atoms with van der Waals surface area (Å²) in [6, 6.07) is 48.3. The lowest BCUT2D eigenvalue weighted by Gasteiger charge is -2.27. The number of fused-ring (bicyclic) bond motifs is 5. The van der Waals surface area contributed by atoms with Crippen LogP contribution in [0.2, 0.25) is 0 Å². The average Bonchev–Trinajstić information content (AvgIpc) is 3.56. The average molecular weight is 814 g/mol. The van der Waals surface area contributed by atoms with E-state index >= 15 is 0 Å². The second-order valence-electron chi connectivity index (χ2n) is 21.4. The molecule has 0 saturated heterocycles. The van der Waals surface area contributed by atoms with Crippen LogP contribution in [0.3, 0.4) is 0 Å². The first kappa shape index (κ1) is 41.1. The highest BCUT2D eigenvalue weighted by Crippen LogP contribution is 2.50. The number of hydrogen-bond donors (Lipinski definition) is 1. The molecular formula is C58H59N3O. The quantitative estimate of drug-likeness (QED) is 0.193. The monoisotopic (exact) mass is 813 g/mol. The maximum absolute atomic E-state index is 12.6. The van der Waals surface area contributed by atoms with Crippen LogP contribution in [0.1, 0.15) is 105 Å². The van der Waals surface area contributed by atoms with Gasteiger partial charge in [0.1, 0.15) is 11.6 Å². The first-order valence-electron chi connectivity index (χ1n) is 22.1. The molecule has 9 rings (SSSR count). The van der Waals surface area contributed by atoms with Crippen LogP contribution in [0.15, 0.2) is 133 Å². The van der Waals surface area contributed by atoms with Crippen molar-refractivity contribution >= 4 is 11.0 Å². The zero-order valence-electron chi connectivity index (χ0n) is 38.5. The van der Waals surface area contributed by atoms with Crippen molar-refractivity contribution in [3.63, 3.8) is 0 Å². The van der Waals surface area contributed by atoms with Crippen molar-refractivity contribution in [3.8, 4) is 78.7 Å². The Kier molecular flexibility index (Phi) is 9.56. The van der Waals surface area contributed by atoms with E-state index in [1.54, 1.807) is 0 Å². The summed E-state index contributed by atoms with van der Waals surface area (Å²) in [6.45, 7) is 26.9. The lowest BCUT2D eigenvalue weighted by molar-refractivity contribution is 0.446. The number of nitrogens with zero attached hydrogens (tertiary/aromatic N) is 3. The van der Waals surface area contributed by atoms with Crippen LogP contribution < -0.4 is 0 Å². The van der Waals surface area contributed by atoms with E-state index < -0.39 is 0 Å². The fourth-order valence-corrected chi connectivity index (χ4v) is 8.93. The Hall–Kier alpha value is -6.26. The third-order valence-corrected chi connectivity index (χ3v) is 12.7. The second-order valence-corrected chi connectivity index (χ2v) is 21.4. The largest absolute Gasteiger partial charge is 0.507 e. The molecule has 0 saturated carbocycles. The molecule has 0 radical (unpaired) electrons. The topological polar surface area (TPSA) is 50.9 Å². The van der Waals surface area contributed by atoms with Gasteiger partial charge in [-0.15, -0.1) is 0 Å².